The van der Waals surface area contributed by atoms with E-state index in [0.29, 0.717) is 18.4 Å². The number of aliphatic hydroxyl groups excluding tert-OH is 1. The second-order valence-corrected chi connectivity index (χ2v) is 6.56. The summed E-state index contributed by atoms with van der Waals surface area (Å²) in [5.74, 6) is 1.59. The van der Waals surface area contributed by atoms with Crippen LogP contribution in [0.3, 0.4) is 0 Å². The summed E-state index contributed by atoms with van der Waals surface area (Å²) in [6, 6.07) is 4.53. The minimum Gasteiger partial charge on any atom is -0.396 e. The molecule has 22 heavy (non-hydrogen) atoms. The number of rotatable bonds is 5. The molecule has 120 valence electrons. The Morgan fingerprint density at radius 1 is 1.41 bits per heavy atom. The lowest BCUT2D eigenvalue weighted by molar-refractivity contribution is 0.130. The first-order valence-corrected chi connectivity index (χ1v) is 8.34. The van der Waals surface area contributed by atoms with E-state index in [1.165, 1.54) is 19.4 Å². The largest absolute Gasteiger partial charge is 0.396 e. The highest BCUT2D eigenvalue weighted by Gasteiger charge is 2.23. The van der Waals surface area contributed by atoms with Gasteiger partial charge in [0.1, 0.15) is 11.3 Å². The number of hydrogen-bond acceptors (Lipinski definition) is 4. The van der Waals surface area contributed by atoms with Gasteiger partial charge in [0, 0.05) is 31.7 Å². The van der Waals surface area contributed by atoms with E-state index >= 15 is 0 Å². The molecule has 1 saturated heterocycles. The van der Waals surface area contributed by atoms with Crippen LogP contribution in [0.5, 0.6) is 0 Å². The summed E-state index contributed by atoms with van der Waals surface area (Å²) in [5.41, 5.74) is 1.88. The summed E-state index contributed by atoms with van der Waals surface area (Å²) in [4.78, 5) is 11.7. The van der Waals surface area contributed by atoms with E-state index in [9.17, 15) is 5.11 Å². The van der Waals surface area contributed by atoms with Crippen molar-refractivity contribution >= 4 is 11.2 Å². The van der Waals surface area contributed by atoms with Crippen LogP contribution in [0.1, 0.15) is 32.5 Å². The summed E-state index contributed by atoms with van der Waals surface area (Å²) in [6.07, 6.45) is 4.94. The molecular weight excluding hydrogens is 276 g/mol. The quantitative estimate of drug-likeness (QED) is 0.919. The smallest absolute Gasteiger partial charge is 0.159 e. The first-order valence-electron chi connectivity index (χ1n) is 8.34. The molecule has 0 aliphatic carbocycles. The number of pyridine rings is 1. The molecule has 2 aromatic heterocycles. The van der Waals surface area contributed by atoms with Crippen molar-refractivity contribution in [1.82, 2.24) is 19.4 Å². The van der Waals surface area contributed by atoms with Gasteiger partial charge in [-0.05, 0) is 51.3 Å². The van der Waals surface area contributed by atoms with Crippen molar-refractivity contribution in [2.45, 2.75) is 45.7 Å². The number of piperidine rings is 1. The van der Waals surface area contributed by atoms with Crippen molar-refractivity contribution in [3.05, 3.63) is 24.2 Å². The summed E-state index contributed by atoms with van der Waals surface area (Å²) in [5, 5.41) is 9.31. The number of aliphatic hydroxyl groups is 1. The van der Waals surface area contributed by atoms with Gasteiger partial charge in [0.15, 0.2) is 5.65 Å². The second kappa shape index (κ2) is 6.75. The van der Waals surface area contributed by atoms with Crippen LogP contribution < -0.4 is 0 Å². The van der Waals surface area contributed by atoms with Gasteiger partial charge in [0.25, 0.3) is 0 Å². The first-order chi connectivity index (χ1) is 10.7. The molecule has 0 amide bonds. The molecule has 5 heteroatoms. The van der Waals surface area contributed by atoms with E-state index in [1.54, 1.807) is 0 Å². The fourth-order valence-electron chi connectivity index (χ4n) is 3.46. The van der Waals surface area contributed by atoms with Crippen molar-refractivity contribution in [1.29, 1.82) is 0 Å². The molecule has 0 saturated carbocycles. The van der Waals surface area contributed by atoms with Gasteiger partial charge in [0.2, 0.25) is 0 Å². The van der Waals surface area contributed by atoms with Crippen molar-refractivity contribution in [3.63, 3.8) is 0 Å². The van der Waals surface area contributed by atoms with Crippen LogP contribution in [-0.2, 0) is 13.0 Å². The van der Waals surface area contributed by atoms with E-state index in [-0.39, 0.29) is 6.61 Å². The molecular formula is C17H26N4O. The predicted molar refractivity (Wildman–Crippen MR) is 87.8 cm³/mol. The minimum atomic E-state index is 0.131. The van der Waals surface area contributed by atoms with Crippen LogP contribution in [0, 0.1) is 5.92 Å². The maximum absolute atomic E-state index is 9.31. The van der Waals surface area contributed by atoms with Crippen LogP contribution in [0.4, 0.5) is 0 Å². The number of imidazole rings is 1. The normalized spacial score (nSPS) is 20.1. The van der Waals surface area contributed by atoms with Gasteiger partial charge in [-0.2, -0.15) is 0 Å². The third kappa shape index (κ3) is 3.15. The highest BCUT2D eigenvalue weighted by molar-refractivity contribution is 5.71. The highest BCUT2D eigenvalue weighted by atomic mass is 16.3. The predicted octanol–water partition coefficient (Wildman–Crippen LogP) is 2.09. The number of nitrogens with zero attached hydrogens (tertiary/aromatic N) is 4. The Morgan fingerprint density at radius 2 is 2.27 bits per heavy atom. The van der Waals surface area contributed by atoms with Crippen LogP contribution in [0.25, 0.3) is 11.2 Å². The Hall–Kier alpha value is -1.46. The fourth-order valence-corrected chi connectivity index (χ4v) is 3.46. The van der Waals surface area contributed by atoms with E-state index in [4.69, 9.17) is 0 Å². The van der Waals surface area contributed by atoms with Gasteiger partial charge in [-0.1, -0.05) is 0 Å². The number of likely N-dealkylation sites (tertiary alicyclic amines) is 1. The lowest BCUT2D eigenvalue weighted by Gasteiger charge is -2.35. The Balaban J connectivity index is 1.84. The summed E-state index contributed by atoms with van der Waals surface area (Å²) >= 11 is 0. The average molecular weight is 302 g/mol. The number of fused-ring (bicyclic) bond motifs is 1. The van der Waals surface area contributed by atoms with Crippen LogP contribution >= 0.6 is 0 Å². The molecule has 0 bridgehead atoms. The lowest BCUT2D eigenvalue weighted by Crippen LogP contribution is -2.41. The number of aromatic nitrogens is 3. The third-order valence-corrected chi connectivity index (χ3v) is 4.64. The molecule has 1 N–H and O–H groups in total. The monoisotopic (exact) mass is 302 g/mol. The summed E-state index contributed by atoms with van der Waals surface area (Å²) < 4.78 is 2.22. The SMILES string of the molecule is CC(C)N1CCCC(Cn2c(CCO)nc3cccnc32)C1. The third-order valence-electron chi connectivity index (χ3n) is 4.64. The molecule has 1 unspecified atom stereocenters. The van der Waals surface area contributed by atoms with Gasteiger partial charge >= 0.3 is 0 Å². The van der Waals surface area contributed by atoms with Gasteiger partial charge in [-0.3, -0.25) is 0 Å². The van der Waals surface area contributed by atoms with Crippen LogP contribution in [-0.4, -0.2) is 50.3 Å². The molecule has 1 aliphatic rings. The van der Waals surface area contributed by atoms with Crippen molar-refractivity contribution in [3.8, 4) is 0 Å². The molecule has 1 atom stereocenters. The van der Waals surface area contributed by atoms with Crippen LogP contribution in [0.2, 0.25) is 0 Å². The van der Waals surface area contributed by atoms with Crippen molar-refractivity contribution < 1.29 is 5.11 Å². The Labute approximate surface area is 132 Å². The topological polar surface area (TPSA) is 54.2 Å². The van der Waals surface area contributed by atoms with E-state index in [0.717, 1.165) is 30.1 Å². The van der Waals surface area contributed by atoms with Crippen molar-refractivity contribution in [2.24, 2.45) is 5.92 Å². The second-order valence-electron chi connectivity index (χ2n) is 6.56. The first kappa shape index (κ1) is 15.4. The molecule has 5 nitrogen and oxygen atoms in total. The zero-order chi connectivity index (χ0) is 15.5. The molecule has 0 aromatic carbocycles. The average Bonchev–Trinajstić information content (AvgIpc) is 2.86. The molecule has 0 spiro atoms. The Kier molecular flexibility index (Phi) is 4.74. The van der Waals surface area contributed by atoms with E-state index in [1.807, 2.05) is 18.3 Å². The fraction of sp³-hybridized carbons (Fsp3) is 0.647. The molecule has 0 radical (unpaired) electrons. The Bertz CT molecular complexity index is 622. The van der Waals surface area contributed by atoms with Gasteiger partial charge in [0.05, 0.1) is 6.61 Å². The molecule has 2 aromatic rings. The maximum atomic E-state index is 9.31. The molecule has 3 heterocycles. The molecule has 1 aliphatic heterocycles. The maximum Gasteiger partial charge on any atom is 0.159 e. The zero-order valence-corrected chi connectivity index (χ0v) is 13.6. The van der Waals surface area contributed by atoms with E-state index in [2.05, 4.69) is 33.3 Å². The van der Waals surface area contributed by atoms with Crippen LogP contribution in [0.15, 0.2) is 18.3 Å². The Morgan fingerprint density at radius 3 is 3.05 bits per heavy atom. The molecule has 1 fully saturated rings. The zero-order valence-electron chi connectivity index (χ0n) is 13.6. The number of hydrogen-bond donors (Lipinski definition) is 1. The standard InChI is InChI=1S/C17H26N4O/c1-13(2)20-9-4-5-14(11-20)12-21-16(7-10-22)19-15-6-3-8-18-17(15)21/h3,6,8,13-14,22H,4-5,7,9-12H2,1-2H3. The van der Waals surface area contributed by atoms with Gasteiger partial charge in [-0.15, -0.1) is 0 Å². The van der Waals surface area contributed by atoms with Crippen molar-refractivity contribution in [2.75, 3.05) is 19.7 Å². The summed E-state index contributed by atoms with van der Waals surface area (Å²) in [7, 11) is 0. The van der Waals surface area contributed by atoms with E-state index < -0.39 is 0 Å². The lowest BCUT2D eigenvalue weighted by atomic mass is 9.97. The minimum absolute atomic E-state index is 0.131. The van der Waals surface area contributed by atoms with Gasteiger partial charge < -0.3 is 14.6 Å². The molecule has 3 rings (SSSR count). The van der Waals surface area contributed by atoms with Gasteiger partial charge in [-0.25, -0.2) is 9.97 Å². The highest BCUT2D eigenvalue weighted by Crippen LogP contribution is 2.23. The summed E-state index contributed by atoms with van der Waals surface area (Å²) in [6.45, 7) is 7.98.